The summed E-state index contributed by atoms with van der Waals surface area (Å²) in [4.78, 5) is 4.83. The Labute approximate surface area is 186 Å². The first-order chi connectivity index (χ1) is 15.3. The average molecular weight is 419 g/mol. The van der Waals surface area contributed by atoms with E-state index in [1.54, 1.807) is 11.8 Å². The second-order valence-electron chi connectivity index (χ2n) is 8.13. The van der Waals surface area contributed by atoms with Crippen LogP contribution in [0.1, 0.15) is 29.2 Å². The van der Waals surface area contributed by atoms with E-state index in [1.807, 2.05) is 0 Å². The minimum Gasteiger partial charge on any atom is -0.378 e. The highest BCUT2D eigenvalue weighted by atomic mass is 32.2. The van der Waals surface area contributed by atoms with Crippen molar-refractivity contribution in [2.75, 3.05) is 0 Å². The molecule has 1 atom stereocenters. The second-order valence-corrected chi connectivity index (χ2v) is 9.25. The topological polar surface area (TPSA) is 38.4 Å². The summed E-state index contributed by atoms with van der Waals surface area (Å²) in [5, 5.41) is 5.99. The van der Waals surface area contributed by atoms with E-state index in [0.29, 0.717) is 5.17 Å². The van der Waals surface area contributed by atoms with Crippen LogP contribution in [0, 0.1) is 0 Å². The highest BCUT2D eigenvalue weighted by Gasteiger charge is 2.32. The molecule has 2 aliphatic rings. The molecule has 0 bridgehead atoms. The van der Waals surface area contributed by atoms with E-state index in [2.05, 4.69) is 91.0 Å². The Hall–Kier alpha value is -3.30. The molecule has 3 heteroatoms. The first-order valence-electron chi connectivity index (χ1n) is 10.7. The van der Waals surface area contributed by atoms with Gasteiger partial charge in [0.15, 0.2) is 5.17 Å². The van der Waals surface area contributed by atoms with Gasteiger partial charge in [-0.15, -0.1) is 0 Å². The minimum atomic E-state index is 0.219. The van der Waals surface area contributed by atoms with E-state index in [1.165, 1.54) is 43.8 Å². The third-order valence-corrected chi connectivity index (χ3v) is 7.41. The fraction of sp³-hybridized carbons (Fsp3) is 0.107. The smallest absolute Gasteiger partial charge is 0.160 e. The molecule has 150 valence electrons. The zero-order valence-corrected chi connectivity index (χ0v) is 17.9. The van der Waals surface area contributed by atoms with Gasteiger partial charge in [0.2, 0.25) is 0 Å². The number of nitrogens with zero attached hydrogens (tertiary/aromatic N) is 1. The van der Waals surface area contributed by atoms with Crippen LogP contribution < -0.4 is 5.73 Å². The average Bonchev–Trinajstić information content (AvgIpc) is 3.21. The molecule has 4 aromatic rings. The number of allylic oxidation sites excluding steroid dienone is 1. The Morgan fingerprint density at radius 3 is 2.29 bits per heavy atom. The van der Waals surface area contributed by atoms with Crippen molar-refractivity contribution in [1.82, 2.24) is 0 Å². The Morgan fingerprint density at radius 1 is 0.774 bits per heavy atom. The minimum absolute atomic E-state index is 0.219. The van der Waals surface area contributed by atoms with Crippen molar-refractivity contribution in [3.63, 3.8) is 0 Å². The van der Waals surface area contributed by atoms with Gasteiger partial charge < -0.3 is 5.73 Å². The number of amidine groups is 1. The van der Waals surface area contributed by atoms with Crippen molar-refractivity contribution >= 4 is 44.6 Å². The monoisotopic (exact) mass is 418 g/mol. The molecule has 1 aliphatic carbocycles. The molecule has 1 unspecified atom stereocenters. The molecule has 0 fully saturated rings. The van der Waals surface area contributed by atoms with Crippen LogP contribution in [0.15, 0.2) is 107 Å². The quantitative estimate of drug-likeness (QED) is 0.373. The number of hydrogen-bond acceptors (Lipinski definition) is 3. The molecule has 2 N–H and O–H groups in total. The predicted molar refractivity (Wildman–Crippen MR) is 134 cm³/mol. The molecule has 0 aromatic heterocycles. The van der Waals surface area contributed by atoms with Crippen molar-refractivity contribution in [1.29, 1.82) is 0 Å². The number of fused-ring (bicyclic) bond motifs is 2. The van der Waals surface area contributed by atoms with Crippen molar-refractivity contribution in [3.8, 4) is 0 Å². The molecule has 6 rings (SSSR count). The highest BCUT2D eigenvalue weighted by Crippen LogP contribution is 2.50. The van der Waals surface area contributed by atoms with Gasteiger partial charge in [-0.25, -0.2) is 4.99 Å². The van der Waals surface area contributed by atoms with Crippen molar-refractivity contribution in [3.05, 3.63) is 113 Å². The van der Waals surface area contributed by atoms with Crippen LogP contribution in [0.4, 0.5) is 0 Å². The van der Waals surface area contributed by atoms with Gasteiger partial charge in [-0.05, 0) is 62.7 Å². The second kappa shape index (κ2) is 7.44. The van der Waals surface area contributed by atoms with Crippen molar-refractivity contribution < 1.29 is 0 Å². The van der Waals surface area contributed by atoms with Gasteiger partial charge in [0, 0.05) is 0 Å². The van der Waals surface area contributed by atoms with Gasteiger partial charge >= 0.3 is 0 Å². The third kappa shape index (κ3) is 3.17. The van der Waals surface area contributed by atoms with Gasteiger partial charge in [-0.2, -0.15) is 0 Å². The standard InChI is InChI=1S/C28H22N2S/c29-28-30-26-21(17-20-11-5-9-18-7-1-3-12-22(18)20)15-16-25(26)27(31-28)24-14-6-10-19-8-2-4-13-23(19)24/h1-14,17,27H,15-16H2,(H2,29,30)/b21-17+. The Bertz CT molecular complexity index is 1420. The summed E-state index contributed by atoms with van der Waals surface area (Å²) in [5.41, 5.74) is 12.7. The first kappa shape index (κ1) is 18.5. The van der Waals surface area contributed by atoms with Crippen LogP contribution >= 0.6 is 11.8 Å². The maximum Gasteiger partial charge on any atom is 0.160 e. The highest BCUT2D eigenvalue weighted by molar-refractivity contribution is 8.14. The Balaban J connectivity index is 1.49. The lowest BCUT2D eigenvalue weighted by Gasteiger charge is -2.24. The maximum absolute atomic E-state index is 6.36. The van der Waals surface area contributed by atoms with Gasteiger partial charge in [-0.3, -0.25) is 0 Å². The van der Waals surface area contributed by atoms with Gasteiger partial charge in [-0.1, -0.05) is 96.7 Å². The molecule has 0 amide bonds. The number of hydrogen-bond donors (Lipinski definition) is 1. The lowest BCUT2D eigenvalue weighted by atomic mass is 9.97. The molecule has 1 heterocycles. The lowest BCUT2D eigenvalue weighted by molar-refractivity contribution is 0.953. The summed E-state index contributed by atoms with van der Waals surface area (Å²) in [6.07, 6.45) is 4.35. The summed E-state index contributed by atoms with van der Waals surface area (Å²) in [6.45, 7) is 0. The van der Waals surface area contributed by atoms with Crippen LogP contribution in [0.5, 0.6) is 0 Å². The summed E-state index contributed by atoms with van der Waals surface area (Å²) in [7, 11) is 0. The van der Waals surface area contributed by atoms with Crippen LogP contribution in [-0.4, -0.2) is 5.17 Å². The Kier molecular flexibility index (Phi) is 4.43. The van der Waals surface area contributed by atoms with Crippen LogP contribution in [-0.2, 0) is 0 Å². The van der Waals surface area contributed by atoms with Gasteiger partial charge in [0.1, 0.15) is 0 Å². The SMILES string of the molecule is NC1=NC2=C(CC/C2=C\c2cccc3ccccc23)C(c2cccc3ccccc23)S1. The summed E-state index contributed by atoms with van der Waals surface area (Å²) in [6, 6.07) is 30.2. The lowest BCUT2D eigenvalue weighted by Crippen LogP contribution is -2.15. The third-order valence-electron chi connectivity index (χ3n) is 6.31. The molecule has 0 saturated carbocycles. The first-order valence-corrected chi connectivity index (χ1v) is 11.6. The van der Waals surface area contributed by atoms with Gasteiger partial charge in [0.05, 0.1) is 10.9 Å². The van der Waals surface area contributed by atoms with Crippen LogP contribution in [0.2, 0.25) is 0 Å². The molecule has 31 heavy (non-hydrogen) atoms. The molecule has 0 saturated heterocycles. The van der Waals surface area contributed by atoms with Crippen LogP contribution in [0.3, 0.4) is 0 Å². The predicted octanol–water partition coefficient (Wildman–Crippen LogP) is 7.23. The van der Waals surface area contributed by atoms with E-state index in [9.17, 15) is 0 Å². The molecule has 2 nitrogen and oxygen atoms in total. The van der Waals surface area contributed by atoms with Crippen LogP contribution in [0.25, 0.3) is 27.6 Å². The number of benzene rings is 4. The zero-order chi connectivity index (χ0) is 20.8. The largest absolute Gasteiger partial charge is 0.378 e. The van der Waals surface area contributed by atoms with E-state index >= 15 is 0 Å². The summed E-state index contributed by atoms with van der Waals surface area (Å²) >= 11 is 1.68. The molecule has 1 aliphatic heterocycles. The normalized spacial score (nSPS) is 19.8. The molecule has 0 spiro atoms. The Morgan fingerprint density at radius 2 is 1.45 bits per heavy atom. The van der Waals surface area contributed by atoms with E-state index in [0.717, 1.165) is 18.5 Å². The molecular formula is C28H22N2S. The number of aliphatic imine (C=N–C) groups is 1. The number of rotatable bonds is 2. The van der Waals surface area contributed by atoms with E-state index in [4.69, 9.17) is 10.7 Å². The molecule has 0 radical (unpaired) electrons. The fourth-order valence-electron chi connectivity index (χ4n) is 4.87. The maximum atomic E-state index is 6.36. The zero-order valence-electron chi connectivity index (χ0n) is 17.1. The van der Waals surface area contributed by atoms with E-state index < -0.39 is 0 Å². The number of nitrogens with two attached hydrogens (primary N) is 1. The van der Waals surface area contributed by atoms with E-state index in [-0.39, 0.29) is 5.25 Å². The summed E-state index contributed by atoms with van der Waals surface area (Å²) < 4.78 is 0. The van der Waals surface area contributed by atoms with Gasteiger partial charge in [0.25, 0.3) is 0 Å². The van der Waals surface area contributed by atoms with Crippen molar-refractivity contribution in [2.24, 2.45) is 10.7 Å². The number of thioether (sulfide) groups is 1. The summed E-state index contributed by atoms with van der Waals surface area (Å²) in [5.74, 6) is 0. The fourth-order valence-corrected chi connectivity index (χ4v) is 5.96. The van der Waals surface area contributed by atoms with Crippen molar-refractivity contribution in [2.45, 2.75) is 18.1 Å². The molecule has 4 aromatic carbocycles. The molecular weight excluding hydrogens is 396 g/mol.